The molecular formula is C17H28NOSi+. The zero-order chi connectivity index (χ0) is 15.4. The van der Waals surface area contributed by atoms with E-state index in [1.807, 2.05) is 18.2 Å². The van der Waals surface area contributed by atoms with Gasteiger partial charge in [0.1, 0.15) is 0 Å². The van der Waals surface area contributed by atoms with Gasteiger partial charge in [0.05, 0.1) is 0 Å². The van der Waals surface area contributed by atoms with Crippen molar-refractivity contribution in [1.82, 2.24) is 0 Å². The van der Waals surface area contributed by atoms with Crippen LogP contribution in [0.2, 0.25) is 18.1 Å². The van der Waals surface area contributed by atoms with Gasteiger partial charge in [0.25, 0.3) is 8.32 Å². The maximum absolute atomic E-state index is 6.31. The minimum Gasteiger partial charge on any atom is -0.539 e. The summed E-state index contributed by atoms with van der Waals surface area (Å²) in [7, 11) is -1.84. The van der Waals surface area contributed by atoms with Gasteiger partial charge in [-0.15, -0.1) is 6.58 Å². The standard InChI is InChI=1S/C17H28NOSi/c1-8-9-13-18-14-11-10-12-16(18)15(2)19-20(6,7)17(3,4)5/h8,10-12,14H,1-2,9,13H2,3-7H3/q+1. The van der Waals surface area contributed by atoms with Crippen molar-refractivity contribution in [3.63, 3.8) is 0 Å². The maximum atomic E-state index is 6.31. The Bertz CT molecular complexity index is 486. The first kappa shape index (κ1) is 16.7. The Morgan fingerprint density at radius 1 is 1.35 bits per heavy atom. The van der Waals surface area contributed by atoms with Gasteiger partial charge in [-0.2, -0.15) is 4.57 Å². The molecule has 0 amide bonds. The summed E-state index contributed by atoms with van der Waals surface area (Å²) in [5.41, 5.74) is 1.05. The predicted molar refractivity (Wildman–Crippen MR) is 88.8 cm³/mol. The van der Waals surface area contributed by atoms with E-state index in [4.69, 9.17) is 4.43 Å². The topological polar surface area (TPSA) is 13.1 Å². The molecule has 0 saturated carbocycles. The predicted octanol–water partition coefficient (Wildman–Crippen LogP) is 4.54. The minimum absolute atomic E-state index is 0.177. The third-order valence-corrected chi connectivity index (χ3v) is 8.35. The highest BCUT2D eigenvalue weighted by Gasteiger charge is 2.40. The second-order valence-corrected chi connectivity index (χ2v) is 11.4. The molecule has 0 aromatic carbocycles. The smallest absolute Gasteiger partial charge is 0.250 e. The van der Waals surface area contributed by atoms with Gasteiger partial charge in [-0.05, 0) is 24.2 Å². The molecule has 1 aromatic rings. The summed E-state index contributed by atoms with van der Waals surface area (Å²) in [5.74, 6) is 0.779. The number of rotatable bonds is 6. The monoisotopic (exact) mass is 290 g/mol. The highest BCUT2D eigenvalue weighted by atomic mass is 28.4. The fourth-order valence-corrected chi connectivity index (χ4v) is 2.69. The fraction of sp³-hybridized carbons (Fsp3) is 0.471. The first-order chi connectivity index (χ1) is 9.19. The molecule has 3 heteroatoms. The van der Waals surface area contributed by atoms with Crippen molar-refractivity contribution in [3.8, 4) is 0 Å². The van der Waals surface area contributed by atoms with E-state index < -0.39 is 8.32 Å². The molecule has 1 rings (SSSR count). The summed E-state index contributed by atoms with van der Waals surface area (Å²) in [6, 6.07) is 6.13. The number of allylic oxidation sites excluding steroid dienone is 1. The van der Waals surface area contributed by atoms with E-state index in [2.05, 4.69) is 63.9 Å². The molecule has 0 saturated heterocycles. The van der Waals surface area contributed by atoms with Gasteiger partial charge in [-0.1, -0.05) is 33.4 Å². The zero-order valence-corrected chi connectivity index (χ0v) is 14.6. The van der Waals surface area contributed by atoms with Gasteiger partial charge < -0.3 is 4.43 Å². The SMILES string of the molecule is C=CCC[n+]1ccccc1C(=C)O[Si](C)(C)C(C)(C)C. The molecule has 2 nitrogen and oxygen atoms in total. The van der Waals surface area contributed by atoms with Crippen molar-refractivity contribution in [2.24, 2.45) is 0 Å². The molecule has 1 aromatic heterocycles. The van der Waals surface area contributed by atoms with E-state index in [-0.39, 0.29) is 5.04 Å². The number of pyridine rings is 1. The Balaban J connectivity index is 2.96. The van der Waals surface area contributed by atoms with Gasteiger partial charge in [0.15, 0.2) is 18.5 Å². The summed E-state index contributed by atoms with van der Waals surface area (Å²) in [5, 5.41) is 0.177. The van der Waals surface area contributed by atoms with E-state index in [0.717, 1.165) is 24.4 Å². The lowest BCUT2D eigenvalue weighted by molar-refractivity contribution is -0.698. The van der Waals surface area contributed by atoms with Crippen molar-refractivity contribution in [2.75, 3.05) is 0 Å². The van der Waals surface area contributed by atoms with Crippen LogP contribution in [-0.4, -0.2) is 8.32 Å². The van der Waals surface area contributed by atoms with Gasteiger partial charge >= 0.3 is 0 Å². The molecular weight excluding hydrogens is 262 g/mol. The lowest BCUT2D eigenvalue weighted by atomic mass is 10.2. The van der Waals surface area contributed by atoms with Crippen LogP contribution >= 0.6 is 0 Å². The molecule has 1 heterocycles. The molecule has 0 fully saturated rings. The highest BCUT2D eigenvalue weighted by molar-refractivity contribution is 6.74. The largest absolute Gasteiger partial charge is 0.539 e. The van der Waals surface area contributed by atoms with Crippen molar-refractivity contribution in [3.05, 3.63) is 49.3 Å². The number of aryl methyl sites for hydroxylation is 1. The third-order valence-electron chi connectivity index (χ3n) is 3.99. The van der Waals surface area contributed by atoms with E-state index in [0.29, 0.717) is 0 Å². The Kier molecular flexibility index (Phi) is 5.34. The van der Waals surface area contributed by atoms with E-state index in [1.54, 1.807) is 0 Å². The highest BCUT2D eigenvalue weighted by Crippen LogP contribution is 2.38. The molecule has 0 spiro atoms. The number of aromatic nitrogens is 1. The summed E-state index contributed by atoms with van der Waals surface area (Å²) in [4.78, 5) is 0. The number of hydrogen-bond donors (Lipinski definition) is 0. The fourth-order valence-electron chi connectivity index (χ4n) is 1.67. The van der Waals surface area contributed by atoms with Crippen LogP contribution in [0.5, 0.6) is 0 Å². The number of hydrogen-bond acceptors (Lipinski definition) is 1. The second-order valence-electron chi connectivity index (χ2n) is 6.64. The average molecular weight is 291 g/mol. The van der Waals surface area contributed by atoms with Crippen LogP contribution in [0, 0.1) is 0 Å². The Labute approximate surface area is 124 Å². The molecule has 0 aliphatic rings. The average Bonchev–Trinajstić information content (AvgIpc) is 2.34. The van der Waals surface area contributed by atoms with E-state index >= 15 is 0 Å². The molecule has 0 aliphatic carbocycles. The second kappa shape index (κ2) is 6.40. The van der Waals surface area contributed by atoms with Crippen molar-refractivity contribution in [1.29, 1.82) is 0 Å². The molecule has 20 heavy (non-hydrogen) atoms. The molecule has 110 valence electrons. The maximum Gasteiger partial charge on any atom is 0.250 e. The van der Waals surface area contributed by atoms with Gasteiger partial charge in [0, 0.05) is 18.6 Å². The Morgan fingerprint density at radius 2 is 2.00 bits per heavy atom. The Morgan fingerprint density at radius 3 is 2.55 bits per heavy atom. The normalized spacial score (nSPS) is 12.1. The van der Waals surface area contributed by atoms with Crippen LogP contribution in [-0.2, 0) is 11.0 Å². The van der Waals surface area contributed by atoms with E-state index in [1.165, 1.54) is 0 Å². The molecule has 0 unspecified atom stereocenters. The minimum atomic E-state index is -1.84. The summed E-state index contributed by atoms with van der Waals surface area (Å²) in [6.45, 7) is 20.1. The summed E-state index contributed by atoms with van der Waals surface area (Å²) in [6.07, 6.45) is 4.94. The summed E-state index contributed by atoms with van der Waals surface area (Å²) >= 11 is 0. The van der Waals surface area contributed by atoms with Gasteiger partial charge in [-0.3, -0.25) is 0 Å². The quantitative estimate of drug-likeness (QED) is 0.324. The zero-order valence-electron chi connectivity index (χ0n) is 13.6. The summed E-state index contributed by atoms with van der Waals surface area (Å²) < 4.78 is 8.48. The van der Waals surface area contributed by atoms with Crippen molar-refractivity contribution < 1.29 is 8.99 Å². The van der Waals surface area contributed by atoms with Crippen LogP contribution < -0.4 is 4.57 Å². The first-order valence-corrected chi connectivity index (χ1v) is 10.1. The van der Waals surface area contributed by atoms with Crippen LogP contribution in [0.15, 0.2) is 43.6 Å². The molecule has 0 radical (unpaired) electrons. The van der Waals surface area contributed by atoms with Crippen LogP contribution in [0.25, 0.3) is 5.76 Å². The van der Waals surface area contributed by atoms with Gasteiger partial charge in [-0.25, -0.2) is 0 Å². The molecule has 0 bridgehead atoms. The van der Waals surface area contributed by atoms with Crippen LogP contribution in [0.1, 0.15) is 32.9 Å². The van der Waals surface area contributed by atoms with Crippen LogP contribution in [0.3, 0.4) is 0 Å². The van der Waals surface area contributed by atoms with Crippen molar-refractivity contribution in [2.45, 2.75) is 51.9 Å². The van der Waals surface area contributed by atoms with Crippen molar-refractivity contribution >= 4 is 14.1 Å². The number of nitrogens with zero attached hydrogens (tertiary/aromatic N) is 1. The third kappa shape index (κ3) is 4.07. The lowest BCUT2D eigenvalue weighted by Gasteiger charge is -2.36. The molecule has 0 N–H and O–H groups in total. The first-order valence-electron chi connectivity index (χ1n) is 7.17. The van der Waals surface area contributed by atoms with Crippen LogP contribution in [0.4, 0.5) is 0 Å². The molecule has 0 atom stereocenters. The Hall–Kier alpha value is -1.35. The van der Waals surface area contributed by atoms with Gasteiger partial charge in [0.2, 0.25) is 5.69 Å². The lowest BCUT2D eigenvalue weighted by Crippen LogP contribution is -2.43. The molecule has 0 aliphatic heterocycles. The van der Waals surface area contributed by atoms with E-state index in [9.17, 15) is 0 Å².